The minimum Gasteiger partial charge on any atom is -0.493 e. The molecule has 0 saturated carbocycles. The van der Waals surface area contributed by atoms with Crippen molar-refractivity contribution in [1.82, 2.24) is 29.9 Å². The van der Waals surface area contributed by atoms with Gasteiger partial charge in [-0.05, 0) is 46.3 Å². The van der Waals surface area contributed by atoms with Gasteiger partial charge in [-0.1, -0.05) is 12.1 Å². The summed E-state index contributed by atoms with van der Waals surface area (Å²) in [4.78, 5) is 25.0. The van der Waals surface area contributed by atoms with E-state index in [-0.39, 0.29) is 56.4 Å². The Labute approximate surface area is 320 Å². The number of halogens is 4. The molecule has 14 nitrogen and oxygen atoms in total. The number of nitrogens with zero attached hydrogens (tertiary/aromatic N) is 6. The van der Waals surface area contributed by atoms with Crippen LogP contribution in [-0.2, 0) is 33.1 Å². The fourth-order valence-electron chi connectivity index (χ4n) is 4.68. The molecule has 0 N–H and O–H groups in total. The molecular weight excluding hydrogens is 761 g/mol. The maximum absolute atomic E-state index is 12.6. The molecule has 0 amide bonds. The third-order valence-electron chi connectivity index (χ3n) is 6.88. The van der Waals surface area contributed by atoms with Crippen molar-refractivity contribution in [2.75, 3.05) is 28.4 Å². The summed E-state index contributed by atoms with van der Waals surface area (Å²) in [6.07, 6.45) is 3.04. The smallest absolute Gasteiger partial charge is 0.493 e. The van der Waals surface area contributed by atoms with Crippen molar-refractivity contribution in [2.24, 2.45) is 0 Å². The van der Waals surface area contributed by atoms with Crippen LogP contribution in [0.15, 0.2) is 71.2 Å². The maximum Gasteiger partial charge on any atom is 2.00 e. The number of alkyl halides is 4. The zero-order valence-corrected chi connectivity index (χ0v) is 31.4. The Morgan fingerprint density at radius 2 is 1.02 bits per heavy atom. The molecule has 0 saturated heterocycles. The first-order valence-corrected chi connectivity index (χ1v) is 17.3. The first kappa shape index (κ1) is 41.0. The van der Waals surface area contributed by atoms with Crippen LogP contribution >= 0.6 is 0 Å². The SMILES string of the molecule is COc1ccnc(C[S@@](=O)c2nc3cc(OC(F)F)ccc3[n-]2)c1OC.COc1ccnc(C[S@@](=O)c2nc3cc(OC(F)F)ccc3[n-]2)c1OC.[Mg+2]. The van der Waals surface area contributed by atoms with Crippen molar-refractivity contribution in [3.8, 4) is 34.5 Å². The number of imidazole rings is 2. The zero-order valence-electron chi connectivity index (χ0n) is 28.3. The van der Waals surface area contributed by atoms with Crippen molar-refractivity contribution in [1.29, 1.82) is 0 Å². The molecule has 0 aliphatic rings. The van der Waals surface area contributed by atoms with Gasteiger partial charge >= 0.3 is 36.3 Å². The van der Waals surface area contributed by atoms with Gasteiger partial charge in [-0.15, -0.1) is 0 Å². The first-order chi connectivity index (χ1) is 25.0. The van der Waals surface area contributed by atoms with Crippen LogP contribution in [0.4, 0.5) is 17.6 Å². The third kappa shape index (κ3) is 10.2. The van der Waals surface area contributed by atoms with Gasteiger partial charge < -0.3 is 48.4 Å². The summed E-state index contributed by atoms with van der Waals surface area (Å²) >= 11 is 0. The standard InChI is InChI=1S/2C16H14F2N3O4S.Mg/c2*1-23-13-5-6-19-12(14(13)24-2)8-26(22)16-20-10-4-3-9(25-15(17)18)7-11(10)21-16;/h2*3-7,15H,8H2,1-2H3;/q2*-1;+2/t2*26-;/m11./s1. The van der Waals surface area contributed by atoms with Crippen LogP contribution in [0.2, 0.25) is 0 Å². The van der Waals surface area contributed by atoms with E-state index < -0.39 is 34.8 Å². The maximum atomic E-state index is 12.6. The predicted molar refractivity (Wildman–Crippen MR) is 184 cm³/mol. The summed E-state index contributed by atoms with van der Waals surface area (Å²) in [6, 6.07) is 11.5. The van der Waals surface area contributed by atoms with Crippen LogP contribution in [0, 0.1) is 0 Å². The van der Waals surface area contributed by atoms with Crippen molar-refractivity contribution in [2.45, 2.75) is 35.0 Å². The van der Waals surface area contributed by atoms with E-state index in [4.69, 9.17) is 18.9 Å². The molecule has 21 heteroatoms. The molecular formula is C32H28F4MgN6O8S2. The summed E-state index contributed by atoms with van der Waals surface area (Å²) in [5.74, 6) is 1.64. The third-order valence-corrected chi connectivity index (χ3v) is 9.13. The van der Waals surface area contributed by atoms with Gasteiger partial charge in [-0.2, -0.15) is 17.6 Å². The second kappa shape index (κ2) is 18.8. The van der Waals surface area contributed by atoms with Crippen molar-refractivity contribution in [3.63, 3.8) is 0 Å². The topological polar surface area (TPSA) is 169 Å². The van der Waals surface area contributed by atoms with Gasteiger partial charge in [0.2, 0.25) is 0 Å². The van der Waals surface area contributed by atoms with Crippen LogP contribution in [0.3, 0.4) is 0 Å². The van der Waals surface area contributed by atoms with E-state index >= 15 is 0 Å². The van der Waals surface area contributed by atoms with Gasteiger partial charge in [0.05, 0.1) is 72.9 Å². The molecule has 53 heavy (non-hydrogen) atoms. The van der Waals surface area contributed by atoms with Gasteiger partial charge in [0.1, 0.15) is 11.5 Å². The molecule has 0 aliphatic carbocycles. The average Bonchev–Trinajstić information content (AvgIpc) is 3.75. The molecule has 4 heterocycles. The number of rotatable bonds is 14. The Bertz CT molecular complexity index is 2060. The van der Waals surface area contributed by atoms with Gasteiger partial charge in [0.15, 0.2) is 23.0 Å². The first-order valence-electron chi connectivity index (χ1n) is 14.7. The zero-order chi connectivity index (χ0) is 37.4. The molecule has 6 rings (SSSR count). The number of fused-ring (bicyclic) bond motifs is 2. The van der Waals surface area contributed by atoms with Gasteiger partial charge in [-0.25, -0.2) is 0 Å². The molecule has 0 aliphatic heterocycles. The van der Waals surface area contributed by atoms with Crippen LogP contribution in [0.25, 0.3) is 22.1 Å². The quantitative estimate of drug-likeness (QED) is 0.110. The van der Waals surface area contributed by atoms with Crippen LogP contribution in [0.1, 0.15) is 11.4 Å². The van der Waals surface area contributed by atoms with Gasteiger partial charge in [0, 0.05) is 34.8 Å². The normalized spacial score (nSPS) is 12.1. The number of hydrogen-bond donors (Lipinski definition) is 0. The predicted octanol–water partition coefficient (Wildman–Crippen LogP) is 4.65. The van der Waals surface area contributed by atoms with Crippen molar-refractivity contribution in [3.05, 3.63) is 72.3 Å². The second-order valence-electron chi connectivity index (χ2n) is 10.0. The molecule has 0 spiro atoms. The van der Waals surface area contributed by atoms with E-state index in [0.29, 0.717) is 56.5 Å². The van der Waals surface area contributed by atoms with E-state index in [1.165, 1.54) is 77.2 Å². The largest absolute Gasteiger partial charge is 2.00 e. The minimum absolute atomic E-state index is 0. The number of aromatic nitrogens is 6. The van der Waals surface area contributed by atoms with E-state index in [0.717, 1.165) is 0 Å². The average molecular weight is 789 g/mol. The molecule has 276 valence electrons. The van der Waals surface area contributed by atoms with E-state index in [2.05, 4.69) is 39.4 Å². The molecule has 4 aromatic heterocycles. The fourth-order valence-corrected chi connectivity index (χ4v) is 6.64. The Hall–Kier alpha value is -4.73. The molecule has 2 aromatic carbocycles. The van der Waals surface area contributed by atoms with Crippen LogP contribution in [-0.4, -0.2) is 93.1 Å². The molecule has 0 radical (unpaired) electrons. The summed E-state index contributed by atoms with van der Waals surface area (Å²) in [5.41, 5.74) is 2.36. The summed E-state index contributed by atoms with van der Waals surface area (Å²) in [7, 11) is 2.67. The molecule has 0 unspecified atom stereocenters. The number of ether oxygens (including phenoxy) is 6. The summed E-state index contributed by atoms with van der Waals surface area (Å²) in [6.45, 7) is -5.87. The minimum atomic E-state index is -2.93. The van der Waals surface area contributed by atoms with E-state index in [1.54, 1.807) is 12.1 Å². The Morgan fingerprint density at radius 3 is 1.36 bits per heavy atom. The Morgan fingerprint density at radius 1 is 0.623 bits per heavy atom. The summed E-state index contributed by atoms with van der Waals surface area (Å²) in [5, 5.41) is 0.140. The van der Waals surface area contributed by atoms with Crippen LogP contribution < -0.4 is 38.4 Å². The van der Waals surface area contributed by atoms with Gasteiger partial charge in [-0.3, -0.25) is 18.4 Å². The Kier molecular flexibility index (Phi) is 14.6. The van der Waals surface area contributed by atoms with E-state index in [1.807, 2.05) is 0 Å². The van der Waals surface area contributed by atoms with Crippen molar-refractivity contribution >= 4 is 66.7 Å². The van der Waals surface area contributed by atoms with E-state index in [9.17, 15) is 26.0 Å². The molecule has 0 bridgehead atoms. The second-order valence-corrected chi connectivity index (χ2v) is 12.7. The molecule has 0 fully saturated rings. The van der Waals surface area contributed by atoms with Crippen LogP contribution in [0.5, 0.6) is 34.5 Å². The number of benzene rings is 2. The van der Waals surface area contributed by atoms with Crippen molar-refractivity contribution < 1.29 is 54.4 Å². The number of methoxy groups -OCH3 is 4. The number of pyridine rings is 2. The monoisotopic (exact) mass is 788 g/mol. The Balaban J connectivity index is 0.000000232. The fraction of sp³-hybridized carbons (Fsp3) is 0.250. The summed E-state index contributed by atoms with van der Waals surface area (Å²) < 4.78 is 104. The molecule has 6 aromatic rings. The van der Waals surface area contributed by atoms with Gasteiger partial charge in [0.25, 0.3) is 0 Å². The number of hydrogen-bond acceptors (Lipinski definition) is 12. The molecule has 2 atom stereocenters.